The van der Waals surface area contributed by atoms with Gasteiger partial charge in [0.2, 0.25) is 0 Å². The van der Waals surface area contributed by atoms with E-state index in [4.69, 9.17) is 10.00 Å². The van der Waals surface area contributed by atoms with Gasteiger partial charge in [-0.2, -0.15) is 5.26 Å². The number of nitrogens with zero attached hydrogens (tertiary/aromatic N) is 2. The van der Waals surface area contributed by atoms with Crippen LogP contribution < -0.4 is 9.64 Å². The Morgan fingerprint density at radius 3 is 2.44 bits per heavy atom. The van der Waals surface area contributed by atoms with Gasteiger partial charge in [0, 0.05) is 19.3 Å². The van der Waals surface area contributed by atoms with Crippen LogP contribution in [0.4, 0.5) is 5.69 Å². The summed E-state index contributed by atoms with van der Waals surface area (Å²) in [6, 6.07) is 10.2. The second-order valence-electron chi connectivity index (χ2n) is 3.81. The minimum Gasteiger partial charge on any atom is -0.497 e. The Hall–Kier alpha value is -1.69. The van der Waals surface area contributed by atoms with Crippen LogP contribution >= 0.6 is 0 Å². The molecular weight excluding hydrogens is 200 g/mol. The smallest absolute Gasteiger partial charge is 0.119 e. The average molecular weight is 218 g/mol. The Morgan fingerprint density at radius 2 is 2.00 bits per heavy atom. The molecule has 0 amide bonds. The highest BCUT2D eigenvalue weighted by atomic mass is 16.5. The van der Waals surface area contributed by atoms with E-state index >= 15 is 0 Å². The third-order valence-corrected chi connectivity index (χ3v) is 2.68. The maximum absolute atomic E-state index is 8.91. The molecule has 0 fully saturated rings. The predicted molar refractivity (Wildman–Crippen MR) is 65.7 cm³/mol. The number of methoxy groups -OCH3 is 1. The van der Waals surface area contributed by atoms with Crippen molar-refractivity contribution in [1.82, 2.24) is 0 Å². The molecule has 1 atom stereocenters. The molecule has 1 unspecified atom stereocenters. The first-order valence-corrected chi connectivity index (χ1v) is 5.46. The quantitative estimate of drug-likeness (QED) is 0.762. The van der Waals surface area contributed by atoms with Gasteiger partial charge in [0.25, 0.3) is 0 Å². The monoisotopic (exact) mass is 218 g/mol. The van der Waals surface area contributed by atoms with Crippen LogP contribution in [0, 0.1) is 17.2 Å². The minimum atomic E-state index is 0.0899. The van der Waals surface area contributed by atoms with Gasteiger partial charge >= 0.3 is 0 Å². The number of rotatable bonds is 5. The van der Waals surface area contributed by atoms with Crippen LogP contribution in [0.1, 0.15) is 13.3 Å². The molecule has 0 aliphatic carbocycles. The second-order valence-corrected chi connectivity index (χ2v) is 3.81. The van der Waals surface area contributed by atoms with E-state index in [2.05, 4.69) is 11.0 Å². The van der Waals surface area contributed by atoms with Gasteiger partial charge in [0.1, 0.15) is 5.75 Å². The van der Waals surface area contributed by atoms with Crippen molar-refractivity contribution in [2.75, 3.05) is 25.6 Å². The molecule has 0 saturated heterocycles. The van der Waals surface area contributed by atoms with Crippen LogP contribution in [0.3, 0.4) is 0 Å². The second kappa shape index (κ2) is 6.02. The first kappa shape index (κ1) is 12.4. The normalized spacial score (nSPS) is 11.6. The summed E-state index contributed by atoms with van der Waals surface area (Å²) in [4.78, 5) is 2.09. The summed E-state index contributed by atoms with van der Waals surface area (Å²) in [5.74, 6) is 0.941. The summed E-state index contributed by atoms with van der Waals surface area (Å²) in [5, 5.41) is 8.91. The summed E-state index contributed by atoms with van der Waals surface area (Å²) in [5.41, 5.74) is 1.11. The largest absolute Gasteiger partial charge is 0.497 e. The SMILES string of the molecule is CCC(C#N)CN(C)c1ccc(OC)cc1. The first-order chi connectivity index (χ1) is 7.71. The summed E-state index contributed by atoms with van der Waals surface area (Å²) in [7, 11) is 3.66. The van der Waals surface area contributed by atoms with Crippen molar-refractivity contribution in [1.29, 1.82) is 5.26 Å². The van der Waals surface area contributed by atoms with Crippen LogP contribution in [0.25, 0.3) is 0 Å². The minimum absolute atomic E-state index is 0.0899. The van der Waals surface area contributed by atoms with Gasteiger partial charge in [-0.3, -0.25) is 0 Å². The standard InChI is InChI=1S/C13H18N2O/c1-4-11(9-14)10-15(2)12-5-7-13(16-3)8-6-12/h5-8,11H,4,10H2,1-3H3. The molecule has 0 heterocycles. The van der Waals surface area contributed by atoms with Crippen LogP contribution in [-0.2, 0) is 0 Å². The van der Waals surface area contributed by atoms with E-state index in [9.17, 15) is 0 Å². The lowest BCUT2D eigenvalue weighted by Crippen LogP contribution is -2.24. The number of nitriles is 1. The fourth-order valence-corrected chi connectivity index (χ4v) is 1.53. The third-order valence-electron chi connectivity index (χ3n) is 2.68. The zero-order chi connectivity index (χ0) is 12.0. The lowest BCUT2D eigenvalue weighted by atomic mass is 10.1. The first-order valence-electron chi connectivity index (χ1n) is 5.46. The number of benzene rings is 1. The van der Waals surface area contributed by atoms with E-state index < -0.39 is 0 Å². The topological polar surface area (TPSA) is 36.3 Å². The molecule has 0 saturated carbocycles. The Balaban J connectivity index is 2.65. The highest BCUT2D eigenvalue weighted by molar-refractivity contribution is 5.48. The molecule has 3 nitrogen and oxygen atoms in total. The van der Waals surface area contributed by atoms with Crippen LogP contribution in [0.5, 0.6) is 5.75 Å². The van der Waals surface area contributed by atoms with Crippen molar-refractivity contribution in [3.8, 4) is 11.8 Å². The molecule has 3 heteroatoms. The maximum atomic E-state index is 8.91. The van der Waals surface area contributed by atoms with Crippen LogP contribution in [-0.4, -0.2) is 20.7 Å². The lowest BCUT2D eigenvalue weighted by Gasteiger charge is -2.21. The molecule has 0 aliphatic rings. The van der Waals surface area contributed by atoms with E-state index in [0.29, 0.717) is 0 Å². The molecule has 1 rings (SSSR count). The number of hydrogen-bond acceptors (Lipinski definition) is 3. The zero-order valence-corrected chi connectivity index (χ0v) is 10.1. The molecule has 0 radical (unpaired) electrons. The summed E-state index contributed by atoms with van der Waals surface area (Å²) >= 11 is 0. The number of hydrogen-bond donors (Lipinski definition) is 0. The van der Waals surface area contributed by atoms with Crippen molar-refractivity contribution >= 4 is 5.69 Å². The molecule has 86 valence electrons. The van der Waals surface area contributed by atoms with E-state index in [-0.39, 0.29) is 5.92 Å². The summed E-state index contributed by atoms with van der Waals surface area (Å²) in [6.45, 7) is 2.80. The maximum Gasteiger partial charge on any atom is 0.119 e. The van der Waals surface area contributed by atoms with E-state index in [1.54, 1.807) is 7.11 Å². The average Bonchev–Trinajstić information content (AvgIpc) is 2.35. The van der Waals surface area contributed by atoms with Crippen LogP contribution in [0.15, 0.2) is 24.3 Å². The van der Waals surface area contributed by atoms with Crippen molar-refractivity contribution in [2.24, 2.45) is 5.92 Å². The molecule has 1 aromatic carbocycles. The van der Waals surface area contributed by atoms with E-state index in [1.807, 2.05) is 38.2 Å². The molecule has 0 N–H and O–H groups in total. The highest BCUT2D eigenvalue weighted by Gasteiger charge is 2.08. The fraction of sp³-hybridized carbons (Fsp3) is 0.462. The zero-order valence-electron chi connectivity index (χ0n) is 10.1. The van der Waals surface area contributed by atoms with Gasteiger partial charge in [0.05, 0.1) is 19.1 Å². The molecule has 0 bridgehead atoms. The van der Waals surface area contributed by atoms with Gasteiger partial charge in [0.15, 0.2) is 0 Å². The number of anilines is 1. The summed E-state index contributed by atoms with van der Waals surface area (Å²) < 4.78 is 5.10. The molecule has 1 aromatic rings. The fourth-order valence-electron chi connectivity index (χ4n) is 1.53. The molecule has 16 heavy (non-hydrogen) atoms. The Labute approximate surface area is 97.3 Å². The van der Waals surface area contributed by atoms with Gasteiger partial charge < -0.3 is 9.64 Å². The molecular formula is C13H18N2O. The predicted octanol–water partition coefficient (Wildman–Crippen LogP) is 2.68. The highest BCUT2D eigenvalue weighted by Crippen LogP contribution is 2.19. The molecule has 0 aliphatic heterocycles. The Kier molecular flexibility index (Phi) is 4.65. The van der Waals surface area contributed by atoms with E-state index in [1.165, 1.54) is 0 Å². The van der Waals surface area contributed by atoms with Gasteiger partial charge in [-0.1, -0.05) is 6.92 Å². The van der Waals surface area contributed by atoms with Gasteiger partial charge in [-0.25, -0.2) is 0 Å². The van der Waals surface area contributed by atoms with Gasteiger partial charge in [-0.05, 0) is 30.7 Å². The summed E-state index contributed by atoms with van der Waals surface area (Å²) in [6.07, 6.45) is 0.886. The van der Waals surface area contributed by atoms with Gasteiger partial charge in [-0.15, -0.1) is 0 Å². The van der Waals surface area contributed by atoms with Crippen molar-refractivity contribution in [2.45, 2.75) is 13.3 Å². The van der Waals surface area contributed by atoms with Crippen LogP contribution in [0.2, 0.25) is 0 Å². The van der Waals surface area contributed by atoms with Crippen molar-refractivity contribution < 1.29 is 4.74 Å². The Bertz CT molecular complexity index is 353. The van der Waals surface area contributed by atoms with E-state index in [0.717, 1.165) is 24.4 Å². The molecule has 0 aromatic heterocycles. The molecule has 0 spiro atoms. The van der Waals surface area contributed by atoms with Crippen molar-refractivity contribution in [3.63, 3.8) is 0 Å². The third kappa shape index (κ3) is 3.16. The van der Waals surface area contributed by atoms with Crippen molar-refractivity contribution in [3.05, 3.63) is 24.3 Å². The Morgan fingerprint density at radius 1 is 1.38 bits per heavy atom. The number of ether oxygens (including phenoxy) is 1. The lowest BCUT2D eigenvalue weighted by molar-refractivity contribution is 0.415.